The minimum Gasteiger partial charge on any atom is -0.494 e. The van der Waals surface area contributed by atoms with Crippen molar-refractivity contribution in [2.24, 2.45) is 0 Å². The van der Waals surface area contributed by atoms with Crippen LogP contribution in [-0.4, -0.2) is 16.9 Å². The Labute approximate surface area is 93.2 Å². The second-order valence-corrected chi connectivity index (χ2v) is 3.32. The normalized spacial score (nSPS) is 10.3. The van der Waals surface area contributed by atoms with Crippen molar-refractivity contribution >= 4 is 11.6 Å². The Balaban J connectivity index is 2.61. The van der Waals surface area contributed by atoms with Gasteiger partial charge in [-0.05, 0) is 17.7 Å². The third kappa shape index (κ3) is 1.83. The maximum absolute atomic E-state index is 5.88. The number of hydrogen-bond acceptors (Lipinski definition) is 2. The predicted molar refractivity (Wildman–Crippen MR) is 59.7 cm³/mol. The summed E-state index contributed by atoms with van der Waals surface area (Å²) in [7, 11) is 1.64. The van der Waals surface area contributed by atoms with Crippen molar-refractivity contribution in [3.05, 3.63) is 42.2 Å². The minimum absolute atomic E-state index is 0.437. The molecule has 0 saturated carbocycles. The van der Waals surface area contributed by atoms with E-state index in [1.807, 2.05) is 30.5 Å². The summed E-state index contributed by atoms with van der Waals surface area (Å²) in [6, 6.07) is 7.65. The van der Waals surface area contributed by atoms with Crippen LogP contribution in [0.15, 0.2) is 36.7 Å². The fourth-order valence-electron chi connectivity index (χ4n) is 1.50. The highest BCUT2D eigenvalue weighted by Gasteiger charge is 2.10. The first-order chi connectivity index (χ1) is 7.36. The number of aromatic nitrogens is 2. The molecule has 3 nitrogen and oxygen atoms in total. The van der Waals surface area contributed by atoms with Crippen molar-refractivity contribution in [1.82, 2.24) is 9.78 Å². The molecule has 0 atom stereocenters. The number of methoxy groups -OCH3 is 1. The Morgan fingerprint density at radius 3 is 2.87 bits per heavy atom. The number of benzene rings is 1. The van der Waals surface area contributed by atoms with Crippen LogP contribution in [0, 0.1) is 0 Å². The third-order valence-corrected chi connectivity index (χ3v) is 2.47. The summed E-state index contributed by atoms with van der Waals surface area (Å²) < 4.78 is 7.05. The first kappa shape index (κ1) is 10.1. The molecule has 2 rings (SSSR count). The molecule has 1 aromatic carbocycles. The van der Waals surface area contributed by atoms with Gasteiger partial charge in [0.25, 0.3) is 0 Å². The van der Waals surface area contributed by atoms with Gasteiger partial charge in [-0.1, -0.05) is 12.1 Å². The number of halogens is 1. The molecule has 0 bridgehead atoms. The van der Waals surface area contributed by atoms with E-state index in [2.05, 4.69) is 5.10 Å². The number of hydrogen-bond donors (Lipinski definition) is 0. The highest BCUT2D eigenvalue weighted by atomic mass is 35.5. The van der Waals surface area contributed by atoms with Crippen molar-refractivity contribution in [1.29, 1.82) is 0 Å². The van der Waals surface area contributed by atoms with Crippen LogP contribution in [0.3, 0.4) is 0 Å². The summed E-state index contributed by atoms with van der Waals surface area (Å²) in [5.41, 5.74) is 1.90. The average Bonchev–Trinajstić information content (AvgIpc) is 2.81. The molecule has 2 aromatic rings. The van der Waals surface area contributed by atoms with E-state index in [0.717, 1.165) is 17.0 Å². The molecule has 0 radical (unpaired) electrons. The van der Waals surface area contributed by atoms with E-state index in [1.165, 1.54) is 0 Å². The number of alkyl halides is 1. The van der Waals surface area contributed by atoms with E-state index < -0.39 is 0 Å². The molecule has 15 heavy (non-hydrogen) atoms. The van der Waals surface area contributed by atoms with Gasteiger partial charge in [0.2, 0.25) is 0 Å². The Morgan fingerprint density at radius 1 is 1.40 bits per heavy atom. The van der Waals surface area contributed by atoms with E-state index in [-0.39, 0.29) is 0 Å². The molecule has 0 aliphatic carbocycles. The number of nitrogens with zero attached hydrogens (tertiary/aromatic N) is 2. The lowest BCUT2D eigenvalue weighted by atomic mass is 10.2. The Morgan fingerprint density at radius 2 is 2.27 bits per heavy atom. The zero-order valence-corrected chi connectivity index (χ0v) is 9.11. The summed E-state index contributed by atoms with van der Waals surface area (Å²) in [6.45, 7) is 0. The Bertz CT molecular complexity index is 418. The van der Waals surface area contributed by atoms with Crippen molar-refractivity contribution in [3.8, 4) is 11.4 Å². The van der Waals surface area contributed by atoms with Crippen LogP contribution in [0.2, 0.25) is 0 Å². The fraction of sp³-hybridized carbons (Fsp3) is 0.182. The molecule has 0 N–H and O–H groups in total. The largest absolute Gasteiger partial charge is 0.494 e. The van der Waals surface area contributed by atoms with E-state index in [1.54, 1.807) is 18.0 Å². The summed E-state index contributed by atoms with van der Waals surface area (Å²) in [4.78, 5) is 0. The number of para-hydroxylation sites is 1. The molecule has 0 fully saturated rings. The highest BCUT2D eigenvalue weighted by Crippen LogP contribution is 2.26. The molecule has 0 aliphatic heterocycles. The van der Waals surface area contributed by atoms with Crippen molar-refractivity contribution in [3.63, 3.8) is 0 Å². The first-order valence-corrected chi connectivity index (χ1v) is 5.12. The quantitative estimate of drug-likeness (QED) is 0.747. The van der Waals surface area contributed by atoms with Crippen molar-refractivity contribution in [2.75, 3.05) is 7.11 Å². The van der Waals surface area contributed by atoms with Gasteiger partial charge in [0.05, 0.1) is 7.11 Å². The average molecular weight is 223 g/mol. The zero-order chi connectivity index (χ0) is 10.7. The topological polar surface area (TPSA) is 27.1 Å². The number of rotatable bonds is 3. The minimum atomic E-state index is 0.437. The van der Waals surface area contributed by atoms with Gasteiger partial charge in [0.1, 0.15) is 11.4 Å². The van der Waals surface area contributed by atoms with E-state index >= 15 is 0 Å². The first-order valence-electron chi connectivity index (χ1n) is 4.58. The smallest absolute Gasteiger partial charge is 0.144 e. The molecule has 1 heterocycles. The lowest BCUT2D eigenvalue weighted by Gasteiger charge is -2.11. The number of ether oxygens (including phenoxy) is 1. The van der Waals surface area contributed by atoms with Gasteiger partial charge in [-0.3, -0.25) is 0 Å². The van der Waals surface area contributed by atoms with E-state index in [4.69, 9.17) is 16.3 Å². The molecule has 0 aliphatic rings. The third-order valence-electron chi connectivity index (χ3n) is 2.18. The SMILES string of the molecule is COc1cccc(CCl)c1-n1cccn1. The standard InChI is InChI=1S/C11H11ClN2O/c1-15-10-5-2-4-9(8-12)11(10)14-7-3-6-13-14/h2-7H,8H2,1H3. The van der Waals surface area contributed by atoms with Crippen LogP contribution in [0.4, 0.5) is 0 Å². The van der Waals surface area contributed by atoms with Crippen LogP contribution in [0.5, 0.6) is 5.75 Å². The lowest BCUT2D eigenvalue weighted by molar-refractivity contribution is 0.411. The Hall–Kier alpha value is -1.48. The molecule has 0 unspecified atom stereocenters. The zero-order valence-electron chi connectivity index (χ0n) is 8.35. The van der Waals surface area contributed by atoms with Gasteiger partial charge in [0, 0.05) is 18.3 Å². The van der Waals surface area contributed by atoms with Crippen LogP contribution in [-0.2, 0) is 5.88 Å². The van der Waals surface area contributed by atoms with E-state index in [0.29, 0.717) is 5.88 Å². The van der Waals surface area contributed by atoms with Gasteiger partial charge >= 0.3 is 0 Å². The lowest BCUT2D eigenvalue weighted by Crippen LogP contribution is -2.02. The second-order valence-electron chi connectivity index (χ2n) is 3.05. The monoisotopic (exact) mass is 222 g/mol. The van der Waals surface area contributed by atoms with Crippen LogP contribution in [0.25, 0.3) is 5.69 Å². The van der Waals surface area contributed by atoms with Crippen LogP contribution in [0.1, 0.15) is 5.56 Å². The molecule has 78 valence electrons. The molecular weight excluding hydrogens is 212 g/mol. The summed E-state index contributed by atoms with van der Waals surface area (Å²) in [5, 5.41) is 4.18. The predicted octanol–water partition coefficient (Wildman–Crippen LogP) is 2.62. The highest BCUT2D eigenvalue weighted by molar-refractivity contribution is 6.17. The molecule has 4 heteroatoms. The maximum Gasteiger partial charge on any atom is 0.144 e. The molecule has 0 spiro atoms. The Kier molecular flexibility index (Phi) is 2.92. The summed E-state index contributed by atoms with van der Waals surface area (Å²) in [5.74, 6) is 1.21. The van der Waals surface area contributed by atoms with E-state index in [9.17, 15) is 0 Å². The van der Waals surface area contributed by atoms with Gasteiger partial charge in [-0.2, -0.15) is 5.10 Å². The van der Waals surface area contributed by atoms with Gasteiger partial charge in [0.15, 0.2) is 0 Å². The molecule has 0 saturated heterocycles. The molecule has 0 amide bonds. The van der Waals surface area contributed by atoms with Gasteiger partial charge < -0.3 is 4.74 Å². The fourth-order valence-corrected chi connectivity index (χ4v) is 1.72. The van der Waals surface area contributed by atoms with Crippen LogP contribution >= 0.6 is 11.6 Å². The van der Waals surface area contributed by atoms with Crippen molar-refractivity contribution in [2.45, 2.75) is 5.88 Å². The second kappa shape index (κ2) is 4.36. The van der Waals surface area contributed by atoms with Gasteiger partial charge in [-0.25, -0.2) is 4.68 Å². The van der Waals surface area contributed by atoms with Gasteiger partial charge in [-0.15, -0.1) is 11.6 Å². The molecular formula is C11H11ClN2O. The molecule has 1 aromatic heterocycles. The van der Waals surface area contributed by atoms with Crippen molar-refractivity contribution < 1.29 is 4.74 Å². The summed E-state index contributed by atoms with van der Waals surface area (Å²) in [6.07, 6.45) is 3.60. The maximum atomic E-state index is 5.88. The summed E-state index contributed by atoms with van der Waals surface area (Å²) >= 11 is 5.88. The van der Waals surface area contributed by atoms with Crippen LogP contribution < -0.4 is 4.74 Å².